The Morgan fingerprint density at radius 2 is 1.57 bits per heavy atom. The number of nitriles is 1. The predicted octanol–water partition coefficient (Wildman–Crippen LogP) is 4.56. The molecule has 0 radical (unpaired) electrons. The fraction of sp³-hybridized carbons (Fsp3) is 0.286. The van der Waals surface area contributed by atoms with Crippen molar-refractivity contribution in [2.24, 2.45) is 0 Å². The van der Waals surface area contributed by atoms with Gasteiger partial charge in [0.05, 0.1) is 37.6 Å². The number of carbonyl (C=O) groups excluding carboxylic acids is 1. The van der Waals surface area contributed by atoms with Gasteiger partial charge in [-0.1, -0.05) is 18.2 Å². The first kappa shape index (κ1) is 31.8. The lowest BCUT2D eigenvalue weighted by molar-refractivity contribution is -0.127. The SMILES string of the molecule is CCOc1ccccc1C1(N2CCN(c3ccncc3)CC2)C(=O)N(S(=O)(=O)c2ccc(OC)cc2OCC)c2ccc(C#N)cc21. The highest BCUT2D eigenvalue weighted by atomic mass is 32.2. The summed E-state index contributed by atoms with van der Waals surface area (Å²) in [7, 11) is -3.08. The minimum atomic E-state index is -4.56. The molecular formula is C35H35N5O6S. The Bertz CT molecular complexity index is 1940. The number of hydrogen-bond donors (Lipinski definition) is 0. The zero-order valence-electron chi connectivity index (χ0n) is 26.4. The number of carbonyl (C=O) groups is 1. The zero-order valence-corrected chi connectivity index (χ0v) is 27.2. The molecule has 3 aromatic carbocycles. The molecule has 0 spiro atoms. The third-order valence-corrected chi connectivity index (χ3v) is 10.3. The number of ether oxygens (including phenoxy) is 3. The van der Waals surface area contributed by atoms with E-state index in [-0.39, 0.29) is 22.9 Å². The number of anilines is 2. The van der Waals surface area contributed by atoms with Crippen LogP contribution in [0.4, 0.5) is 11.4 Å². The first-order valence-corrected chi connectivity index (χ1v) is 16.8. The topological polar surface area (TPSA) is 125 Å². The number of pyridine rings is 1. The number of benzene rings is 3. The van der Waals surface area contributed by atoms with Gasteiger partial charge in [-0.2, -0.15) is 5.26 Å². The molecule has 11 nitrogen and oxygen atoms in total. The lowest BCUT2D eigenvalue weighted by Gasteiger charge is -2.46. The fourth-order valence-electron chi connectivity index (χ4n) is 6.52. The van der Waals surface area contributed by atoms with Gasteiger partial charge >= 0.3 is 0 Å². The molecule has 6 rings (SSSR count). The van der Waals surface area contributed by atoms with Gasteiger partial charge in [0.1, 0.15) is 22.1 Å². The Hall–Kier alpha value is -5.12. The molecule has 0 bridgehead atoms. The summed E-state index contributed by atoms with van der Waals surface area (Å²) in [6.45, 7) is 6.05. The molecule has 1 unspecified atom stereocenters. The summed E-state index contributed by atoms with van der Waals surface area (Å²) in [6.07, 6.45) is 3.47. The summed E-state index contributed by atoms with van der Waals surface area (Å²) in [5, 5.41) is 9.99. The van der Waals surface area contributed by atoms with E-state index < -0.39 is 21.5 Å². The van der Waals surface area contributed by atoms with Crippen LogP contribution in [0.15, 0.2) is 90.1 Å². The van der Waals surface area contributed by atoms with Gasteiger partial charge in [-0.3, -0.25) is 14.7 Å². The van der Waals surface area contributed by atoms with Crippen molar-refractivity contribution in [1.29, 1.82) is 5.26 Å². The number of rotatable bonds is 10. The third kappa shape index (κ3) is 5.31. The molecule has 12 heteroatoms. The Balaban J connectivity index is 1.58. The highest BCUT2D eigenvalue weighted by Gasteiger charge is 2.61. The second-order valence-corrected chi connectivity index (χ2v) is 12.7. The largest absolute Gasteiger partial charge is 0.497 e. The number of fused-ring (bicyclic) bond motifs is 1. The summed E-state index contributed by atoms with van der Waals surface area (Å²) in [6, 6.07) is 22.3. The van der Waals surface area contributed by atoms with Crippen molar-refractivity contribution in [2.75, 3.05) is 55.7 Å². The maximum atomic E-state index is 15.4. The fourth-order valence-corrected chi connectivity index (χ4v) is 8.09. The standard InChI is InChI=1S/C35H35N5O6S/c1-4-45-31-9-7-6-8-28(31)35(39-20-18-38(19-21-39)26-14-16-37-17-15-26)29-22-25(24-36)10-12-30(29)40(34(35)41)47(42,43)33-13-11-27(44-3)23-32(33)46-5-2/h6-17,22-23H,4-5,18-21H2,1-3H3. The van der Waals surface area contributed by atoms with Gasteiger partial charge < -0.3 is 19.1 Å². The number of hydrogen-bond acceptors (Lipinski definition) is 10. The molecule has 2 aliphatic heterocycles. The second kappa shape index (κ2) is 12.9. The molecule has 1 saturated heterocycles. The summed E-state index contributed by atoms with van der Waals surface area (Å²) < 4.78 is 47.6. The molecule has 0 saturated carbocycles. The van der Waals surface area contributed by atoms with Crippen LogP contribution in [-0.4, -0.2) is 70.7 Å². The average Bonchev–Trinajstić information content (AvgIpc) is 3.37. The normalized spacial score (nSPS) is 18.0. The van der Waals surface area contributed by atoms with Crippen LogP contribution in [0, 0.1) is 11.3 Å². The highest BCUT2D eigenvalue weighted by molar-refractivity contribution is 7.93. The van der Waals surface area contributed by atoms with E-state index in [1.165, 1.54) is 37.4 Å². The van der Waals surface area contributed by atoms with Crippen molar-refractivity contribution in [3.63, 3.8) is 0 Å². The van der Waals surface area contributed by atoms with E-state index in [1.807, 2.05) is 36.1 Å². The minimum absolute atomic E-state index is 0.0630. The molecule has 47 heavy (non-hydrogen) atoms. The molecule has 3 heterocycles. The highest BCUT2D eigenvalue weighted by Crippen LogP contribution is 2.53. The third-order valence-electron chi connectivity index (χ3n) is 8.56. The number of sulfonamides is 1. The Morgan fingerprint density at radius 1 is 0.872 bits per heavy atom. The van der Waals surface area contributed by atoms with E-state index in [1.54, 1.807) is 37.5 Å². The van der Waals surface area contributed by atoms with Crippen LogP contribution in [-0.2, 0) is 20.4 Å². The number of piperazine rings is 1. The Morgan fingerprint density at radius 3 is 2.26 bits per heavy atom. The van der Waals surface area contributed by atoms with Gasteiger partial charge in [-0.15, -0.1) is 0 Å². The van der Waals surface area contributed by atoms with Crippen LogP contribution >= 0.6 is 0 Å². The predicted molar refractivity (Wildman–Crippen MR) is 176 cm³/mol. The summed E-state index contributed by atoms with van der Waals surface area (Å²) >= 11 is 0. The molecule has 1 amide bonds. The van der Waals surface area contributed by atoms with E-state index >= 15 is 4.79 Å². The number of amides is 1. The molecular weight excluding hydrogens is 618 g/mol. The number of aromatic nitrogens is 1. The summed E-state index contributed by atoms with van der Waals surface area (Å²) in [5.41, 5.74) is 0.711. The van der Waals surface area contributed by atoms with Gasteiger partial charge in [0, 0.05) is 61.5 Å². The average molecular weight is 654 g/mol. The molecule has 4 aromatic rings. The van der Waals surface area contributed by atoms with Gasteiger partial charge in [-0.25, -0.2) is 12.7 Å². The monoisotopic (exact) mass is 653 g/mol. The van der Waals surface area contributed by atoms with Gasteiger partial charge in [0.15, 0.2) is 5.54 Å². The van der Waals surface area contributed by atoms with E-state index in [0.717, 1.165) is 9.99 Å². The maximum Gasteiger partial charge on any atom is 0.274 e. The first-order chi connectivity index (χ1) is 22.8. The molecule has 1 atom stereocenters. The molecule has 242 valence electrons. The van der Waals surface area contributed by atoms with Crippen LogP contribution in [0.1, 0.15) is 30.5 Å². The quantitative estimate of drug-likeness (QED) is 0.241. The van der Waals surface area contributed by atoms with Crippen LogP contribution in [0.5, 0.6) is 17.2 Å². The number of methoxy groups -OCH3 is 1. The van der Waals surface area contributed by atoms with E-state index in [9.17, 15) is 13.7 Å². The van der Waals surface area contributed by atoms with E-state index in [0.29, 0.717) is 61.0 Å². The van der Waals surface area contributed by atoms with Crippen LogP contribution in [0.3, 0.4) is 0 Å². The maximum absolute atomic E-state index is 15.4. The molecule has 0 N–H and O–H groups in total. The number of nitrogens with zero attached hydrogens (tertiary/aromatic N) is 5. The van der Waals surface area contributed by atoms with Crippen LogP contribution in [0.2, 0.25) is 0 Å². The lowest BCUT2D eigenvalue weighted by Crippen LogP contribution is -2.60. The number of para-hydroxylation sites is 1. The van der Waals surface area contributed by atoms with Crippen molar-refractivity contribution in [3.05, 3.63) is 102 Å². The van der Waals surface area contributed by atoms with Crippen LogP contribution in [0.25, 0.3) is 0 Å². The van der Waals surface area contributed by atoms with Crippen molar-refractivity contribution >= 4 is 27.3 Å². The van der Waals surface area contributed by atoms with E-state index in [4.69, 9.17) is 14.2 Å². The Labute approximate surface area is 274 Å². The van der Waals surface area contributed by atoms with Gasteiger partial charge in [0.2, 0.25) is 0 Å². The van der Waals surface area contributed by atoms with Gasteiger partial charge in [-0.05, 0) is 62.4 Å². The summed E-state index contributed by atoms with van der Waals surface area (Å²) in [4.78, 5) is 23.5. The van der Waals surface area contributed by atoms with E-state index in [2.05, 4.69) is 16.0 Å². The first-order valence-electron chi connectivity index (χ1n) is 15.4. The molecule has 2 aliphatic rings. The van der Waals surface area contributed by atoms with Crippen molar-refractivity contribution in [3.8, 4) is 23.3 Å². The van der Waals surface area contributed by atoms with Crippen LogP contribution < -0.4 is 23.4 Å². The molecule has 1 fully saturated rings. The smallest absolute Gasteiger partial charge is 0.274 e. The Kier molecular flexibility index (Phi) is 8.77. The molecule has 0 aliphatic carbocycles. The van der Waals surface area contributed by atoms with Crippen molar-refractivity contribution in [1.82, 2.24) is 9.88 Å². The minimum Gasteiger partial charge on any atom is -0.497 e. The summed E-state index contributed by atoms with van der Waals surface area (Å²) in [5.74, 6) is 0.233. The zero-order chi connectivity index (χ0) is 33.2. The lowest BCUT2D eigenvalue weighted by atomic mass is 9.80. The van der Waals surface area contributed by atoms with Crippen molar-refractivity contribution in [2.45, 2.75) is 24.3 Å². The second-order valence-electron chi connectivity index (χ2n) is 11.0. The van der Waals surface area contributed by atoms with Gasteiger partial charge in [0.25, 0.3) is 15.9 Å². The molecule has 1 aromatic heterocycles. The van der Waals surface area contributed by atoms with Crippen molar-refractivity contribution < 1.29 is 27.4 Å².